The summed E-state index contributed by atoms with van der Waals surface area (Å²) in [6.07, 6.45) is 0.291. The smallest absolute Gasteiger partial charge is 0.475 e. The van der Waals surface area contributed by atoms with Crippen molar-refractivity contribution in [2.45, 2.75) is 24.6 Å². The van der Waals surface area contributed by atoms with E-state index in [1.807, 2.05) is 4.90 Å². The van der Waals surface area contributed by atoms with E-state index in [0.717, 1.165) is 32.7 Å². The molecule has 156 valence electrons. The molecule has 28 heavy (non-hydrogen) atoms. The van der Waals surface area contributed by atoms with Crippen molar-refractivity contribution in [3.8, 4) is 0 Å². The number of amides is 1. The summed E-state index contributed by atoms with van der Waals surface area (Å²) in [5.41, 5.74) is 0.754. The predicted octanol–water partition coefficient (Wildman–Crippen LogP) is 1.29. The fourth-order valence-corrected chi connectivity index (χ4v) is 3.56. The van der Waals surface area contributed by atoms with E-state index in [4.69, 9.17) is 14.6 Å². The average Bonchev–Trinajstić information content (AvgIpc) is 2.61. The first-order valence-electron chi connectivity index (χ1n) is 8.65. The van der Waals surface area contributed by atoms with Crippen LogP contribution < -0.4 is 0 Å². The Hall–Kier alpha value is -2.27. The second kappa shape index (κ2) is 8.82. The molecule has 1 spiro atoms. The van der Waals surface area contributed by atoms with Crippen molar-refractivity contribution in [1.29, 1.82) is 0 Å². The zero-order valence-corrected chi connectivity index (χ0v) is 15.6. The Bertz CT molecular complexity index is 681. The Morgan fingerprint density at radius 2 is 2.00 bits per heavy atom. The lowest BCUT2D eigenvalue weighted by atomic mass is 9.75. The van der Waals surface area contributed by atoms with Gasteiger partial charge in [-0.05, 0) is 38.4 Å². The van der Waals surface area contributed by atoms with Crippen LogP contribution in [0.3, 0.4) is 0 Å². The Labute approximate surface area is 160 Å². The van der Waals surface area contributed by atoms with Gasteiger partial charge >= 0.3 is 12.1 Å². The maximum absolute atomic E-state index is 12.4. The SMILES string of the molecule is COCC1CCN(C)C2(C1)CN(C(=O)c1ccnnc1)C2.O=C(O)C(F)(F)F. The van der Waals surface area contributed by atoms with Crippen LogP contribution in [0.2, 0.25) is 0 Å². The first-order chi connectivity index (χ1) is 13.1. The van der Waals surface area contributed by atoms with Crippen molar-refractivity contribution in [2.24, 2.45) is 5.92 Å². The van der Waals surface area contributed by atoms with E-state index >= 15 is 0 Å². The molecule has 0 saturated carbocycles. The second-order valence-corrected chi connectivity index (χ2v) is 7.06. The monoisotopic (exact) mass is 404 g/mol. The van der Waals surface area contributed by atoms with E-state index in [-0.39, 0.29) is 11.4 Å². The van der Waals surface area contributed by atoms with Gasteiger partial charge in [-0.1, -0.05) is 0 Å². The van der Waals surface area contributed by atoms with Crippen molar-refractivity contribution in [3.05, 3.63) is 24.0 Å². The van der Waals surface area contributed by atoms with E-state index in [0.29, 0.717) is 11.5 Å². The summed E-state index contributed by atoms with van der Waals surface area (Å²) >= 11 is 0. The van der Waals surface area contributed by atoms with E-state index in [2.05, 4.69) is 22.1 Å². The van der Waals surface area contributed by atoms with Gasteiger partial charge in [0.05, 0.1) is 23.5 Å². The molecule has 3 rings (SSSR count). The number of carbonyl (C=O) groups excluding carboxylic acids is 1. The number of likely N-dealkylation sites (tertiary alicyclic amines) is 2. The van der Waals surface area contributed by atoms with Gasteiger partial charge in [-0.15, -0.1) is 0 Å². The van der Waals surface area contributed by atoms with Gasteiger partial charge in [0.2, 0.25) is 0 Å². The van der Waals surface area contributed by atoms with Gasteiger partial charge in [0.25, 0.3) is 5.91 Å². The van der Waals surface area contributed by atoms with Gasteiger partial charge in [0.15, 0.2) is 0 Å². The van der Waals surface area contributed by atoms with Crippen LogP contribution in [0.4, 0.5) is 13.2 Å². The first-order valence-corrected chi connectivity index (χ1v) is 8.65. The molecule has 0 bridgehead atoms. The summed E-state index contributed by atoms with van der Waals surface area (Å²) in [6, 6.07) is 1.72. The van der Waals surface area contributed by atoms with Crippen LogP contribution in [0.1, 0.15) is 23.2 Å². The largest absolute Gasteiger partial charge is 0.490 e. The number of rotatable bonds is 3. The minimum atomic E-state index is -5.08. The molecule has 0 radical (unpaired) electrons. The highest BCUT2D eigenvalue weighted by atomic mass is 19.4. The molecule has 1 unspecified atom stereocenters. The number of carboxylic acid groups (broad SMARTS) is 1. The molecule has 1 N–H and O–H groups in total. The average molecular weight is 404 g/mol. The topological polar surface area (TPSA) is 95.9 Å². The van der Waals surface area contributed by atoms with Gasteiger partial charge in [0, 0.05) is 26.8 Å². The maximum atomic E-state index is 12.4. The highest BCUT2D eigenvalue weighted by Gasteiger charge is 2.50. The van der Waals surface area contributed by atoms with Gasteiger partial charge in [0.1, 0.15) is 0 Å². The molecule has 1 atom stereocenters. The standard InChI is InChI=1S/C15H22N4O2.C2HF3O2/c1-18-6-4-12(9-21-2)7-15(18)10-19(11-15)14(20)13-3-5-16-17-8-13;3-2(4,5)1(6)7/h3,5,8,12H,4,6-7,9-11H2,1-2H3;(H,6,7). The zero-order chi connectivity index (χ0) is 20.9. The number of alkyl halides is 3. The molecule has 3 heterocycles. The molecule has 8 nitrogen and oxygen atoms in total. The zero-order valence-electron chi connectivity index (χ0n) is 15.6. The van der Waals surface area contributed by atoms with Crippen LogP contribution in [-0.4, -0.2) is 89.1 Å². The third kappa shape index (κ3) is 5.16. The van der Waals surface area contributed by atoms with Gasteiger partial charge in [-0.25, -0.2) is 4.79 Å². The molecule has 2 aliphatic heterocycles. The second-order valence-electron chi connectivity index (χ2n) is 7.06. The predicted molar refractivity (Wildman–Crippen MR) is 91.6 cm³/mol. The molecule has 1 aromatic rings. The molecule has 2 saturated heterocycles. The fourth-order valence-electron chi connectivity index (χ4n) is 3.56. The number of hydrogen-bond acceptors (Lipinski definition) is 6. The molecule has 11 heteroatoms. The molecule has 0 aromatic carbocycles. The van der Waals surface area contributed by atoms with Crippen LogP contribution in [0.25, 0.3) is 0 Å². The van der Waals surface area contributed by atoms with E-state index in [1.54, 1.807) is 19.4 Å². The number of aromatic nitrogens is 2. The lowest BCUT2D eigenvalue weighted by molar-refractivity contribution is -0.192. The number of nitrogens with zero attached hydrogens (tertiary/aromatic N) is 4. The molecule has 1 amide bonds. The summed E-state index contributed by atoms with van der Waals surface area (Å²) in [5.74, 6) is -2.10. The van der Waals surface area contributed by atoms with Crippen LogP contribution in [0.5, 0.6) is 0 Å². The summed E-state index contributed by atoms with van der Waals surface area (Å²) in [6.45, 7) is 3.49. The number of carbonyl (C=O) groups is 2. The molecule has 0 aliphatic carbocycles. The van der Waals surface area contributed by atoms with Crippen molar-refractivity contribution in [3.63, 3.8) is 0 Å². The fraction of sp³-hybridized carbons (Fsp3) is 0.647. The van der Waals surface area contributed by atoms with Crippen LogP contribution in [0, 0.1) is 5.92 Å². The molecular formula is C17H23F3N4O4. The number of halogens is 3. The van der Waals surface area contributed by atoms with Crippen molar-refractivity contribution >= 4 is 11.9 Å². The normalized spacial score (nSPS) is 21.5. The summed E-state index contributed by atoms with van der Waals surface area (Å²) in [5, 5.41) is 14.6. The number of methoxy groups -OCH3 is 1. The van der Waals surface area contributed by atoms with Crippen LogP contribution in [0.15, 0.2) is 18.5 Å². The number of likely N-dealkylation sites (N-methyl/N-ethyl adjacent to an activating group) is 1. The molecular weight excluding hydrogens is 381 g/mol. The van der Waals surface area contributed by atoms with Crippen LogP contribution in [-0.2, 0) is 9.53 Å². The number of aliphatic carboxylic acids is 1. The van der Waals surface area contributed by atoms with E-state index in [1.165, 1.54) is 12.6 Å². The van der Waals surface area contributed by atoms with E-state index < -0.39 is 12.1 Å². The summed E-state index contributed by atoms with van der Waals surface area (Å²) in [4.78, 5) is 25.6. The summed E-state index contributed by atoms with van der Waals surface area (Å²) in [7, 11) is 3.93. The summed E-state index contributed by atoms with van der Waals surface area (Å²) < 4.78 is 37.0. The molecule has 2 fully saturated rings. The quantitative estimate of drug-likeness (QED) is 0.811. The molecule has 2 aliphatic rings. The number of carboxylic acids is 1. The Balaban J connectivity index is 0.000000345. The minimum Gasteiger partial charge on any atom is -0.475 e. The minimum absolute atomic E-state index is 0.0535. The Morgan fingerprint density at radius 3 is 2.50 bits per heavy atom. The van der Waals surface area contributed by atoms with Gasteiger partial charge in [-0.3, -0.25) is 9.69 Å². The molecule has 1 aromatic heterocycles. The van der Waals surface area contributed by atoms with E-state index in [9.17, 15) is 18.0 Å². The number of ether oxygens (including phenoxy) is 1. The van der Waals surface area contributed by atoms with Gasteiger partial charge < -0.3 is 14.7 Å². The lowest BCUT2D eigenvalue weighted by Crippen LogP contribution is -2.72. The highest BCUT2D eigenvalue weighted by Crippen LogP contribution is 2.38. The number of hydrogen-bond donors (Lipinski definition) is 1. The van der Waals surface area contributed by atoms with Crippen molar-refractivity contribution in [2.75, 3.05) is 40.4 Å². The third-order valence-corrected chi connectivity index (χ3v) is 5.08. The first kappa shape index (κ1) is 22.0. The number of piperidine rings is 1. The van der Waals surface area contributed by atoms with Gasteiger partial charge in [-0.2, -0.15) is 23.4 Å². The Morgan fingerprint density at radius 1 is 1.36 bits per heavy atom. The third-order valence-electron chi connectivity index (χ3n) is 5.08. The highest BCUT2D eigenvalue weighted by molar-refractivity contribution is 5.94. The Kier molecular flexibility index (Phi) is 6.94. The van der Waals surface area contributed by atoms with Crippen molar-refractivity contribution in [1.82, 2.24) is 20.0 Å². The maximum Gasteiger partial charge on any atom is 0.490 e. The lowest BCUT2D eigenvalue weighted by Gasteiger charge is -2.58. The van der Waals surface area contributed by atoms with Crippen LogP contribution >= 0.6 is 0 Å². The van der Waals surface area contributed by atoms with Crippen molar-refractivity contribution < 1.29 is 32.6 Å².